The molecular weight excluding hydrogens is 194 g/mol. The molecule has 0 saturated heterocycles. The molecule has 1 aromatic rings. The normalized spacial score (nSPS) is 10.1. The third kappa shape index (κ3) is 3.04. The van der Waals surface area contributed by atoms with E-state index in [4.69, 9.17) is 5.11 Å². The summed E-state index contributed by atoms with van der Waals surface area (Å²) in [4.78, 5) is 11.3. The van der Waals surface area contributed by atoms with Crippen LogP contribution in [0.3, 0.4) is 0 Å². The quantitative estimate of drug-likeness (QED) is 0.716. The van der Waals surface area contributed by atoms with Gasteiger partial charge in [-0.15, -0.1) is 0 Å². The van der Waals surface area contributed by atoms with Gasteiger partial charge in [0.15, 0.2) is 0 Å². The molecule has 0 heterocycles. The van der Waals surface area contributed by atoms with Gasteiger partial charge in [-0.3, -0.25) is 0 Å². The Morgan fingerprint density at radius 3 is 2.60 bits per heavy atom. The molecule has 82 valence electrons. The van der Waals surface area contributed by atoms with Gasteiger partial charge in [-0.2, -0.15) is 0 Å². The lowest BCUT2D eigenvalue weighted by molar-refractivity contribution is 0.0600. The van der Waals surface area contributed by atoms with Crippen LogP contribution in [0.5, 0.6) is 0 Å². The standard InChI is InChI=1S/C11H15NO3/c1-12-6-8-3-9(7-13)5-10(4-8)11(14)15-2/h3-5,12-13H,6-7H2,1-2H3. The molecular formula is C11H15NO3. The van der Waals surface area contributed by atoms with Crippen molar-refractivity contribution in [1.29, 1.82) is 0 Å². The molecule has 0 radical (unpaired) electrons. The maximum atomic E-state index is 11.3. The summed E-state index contributed by atoms with van der Waals surface area (Å²) in [5.74, 6) is -0.386. The fourth-order valence-electron chi connectivity index (χ4n) is 1.40. The van der Waals surface area contributed by atoms with Crippen LogP contribution in [0.4, 0.5) is 0 Å². The van der Waals surface area contributed by atoms with E-state index in [9.17, 15) is 4.79 Å². The van der Waals surface area contributed by atoms with Crippen LogP contribution in [0.1, 0.15) is 21.5 Å². The second kappa shape index (κ2) is 5.48. The first kappa shape index (κ1) is 11.7. The van der Waals surface area contributed by atoms with Crippen LogP contribution in [-0.4, -0.2) is 25.2 Å². The molecule has 0 aliphatic rings. The Bertz CT molecular complexity index is 350. The van der Waals surface area contributed by atoms with E-state index >= 15 is 0 Å². The van der Waals surface area contributed by atoms with Crippen LogP contribution < -0.4 is 5.32 Å². The molecule has 1 aromatic carbocycles. The lowest BCUT2D eigenvalue weighted by atomic mass is 10.1. The smallest absolute Gasteiger partial charge is 0.337 e. The molecule has 4 heteroatoms. The molecule has 0 atom stereocenters. The molecule has 0 bridgehead atoms. The Morgan fingerprint density at radius 1 is 1.40 bits per heavy atom. The SMILES string of the molecule is CNCc1cc(CO)cc(C(=O)OC)c1. The van der Waals surface area contributed by atoms with Gasteiger partial charge in [0.25, 0.3) is 0 Å². The molecule has 0 unspecified atom stereocenters. The lowest BCUT2D eigenvalue weighted by Crippen LogP contribution is -2.08. The minimum atomic E-state index is -0.386. The van der Waals surface area contributed by atoms with Crippen LogP contribution >= 0.6 is 0 Å². The Balaban J connectivity index is 3.05. The topological polar surface area (TPSA) is 58.6 Å². The highest BCUT2D eigenvalue weighted by atomic mass is 16.5. The first-order valence-corrected chi connectivity index (χ1v) is 4.68. The predicted octanol–water partition coefficient (Wildman–Crippen LogP) is 0.685. The van der Waals surface area contributed by atoms with Crippen LogP contribution in [-0.2, 0) is 17.9 Å². The predicted molar refractivity (Wildman–Crippen MR) is 56.5 cm³/mol. The molecule has 0 aromatic heterocycles. The van der Waals surface area contributed by atoms with Crippen molar-refractivity contribution in [2.75, 3.05) is 14.2 Å². The van der Waals surface area contributed by atoms with Crippen molar-refractivity contribution in [3.8, 4) is 0 Å². The van der Waals surface area contributed by atoms with Crippen LogP contribution in [0.25, 0.3) is 0 Å². The number of rotatable bonds is 4. The second-order valence-corrected chi connectivity index (χ2v) is 3.22. The van der Waals surface area contributed by atoms with Gasteiger partial charge in [0.05, 0.1) is 19.3 Å². The Hall–Kier alpha value is -1.39. The highest BCUT2D eigenvalue weighted by Gasteiger charge is 2.08. The molecule has 4 nitrogen and oxygen atoms in total. The minimum absolute atomic E-state index is 0.0818. The number of esters is 1. The zero-order valence-corrected chi connectivity index (χ0v) is 8.91. The minimum Gasteiger partial charge on any atom is -0.465 e. The number of methoxy groups -OCH3 is 1. The molecule has 0 aliphatic heterocycles. The average molecular weight is 209 g/mol. The number of hydrogen-bond donors (Lipinski definition) is 2. The fourth-order valence-corrected chi connectivity index (χ4v) is 1.40. The van der Waals surface area contributed by atoms with Gasteiger partial charge in [0, 0.05) is 6.54 Å². The summed E-state index contributed by atoms with van der Waals surface area (Å²) in [7, 11) is 3.16. The molecule has 0 amide bonds. The molecule has 0 saturated carbocycles. The van der Waals surface area contributed by atoms with Crippen molar-refractivity contribution in [2.45, 2.75) is 13.2 Å². The molecule has 1 rings (SSSR count). The van der Waals surface area contributed by atoms with Crippen molar-refractivity contribution >= 4 is 5.97 Å². The third-order valence-electron chi connectivity index (χ3n) is 2.04. The molecule has 15 heavy (non-hydrogen) atoms. The zero-order valence-electron chi connectivity index (χ0n) is 8.91. The molecule has 0 spiro atoms. The number of carbonyl (C=O) groups excluding carboxylic acids is 1. The Labute approximate surface area is 88.9 Å². The fraction of sp³-hybridized carbons (Fsp3) is 0.364. The number of hydrogen-bond acceptors (Lipinski definition) is 4. The third-order valence-corrected chi connectivity index (χ3v) is 2.04. The summed E-state index contributed by atoms with van der Waals surface area (Å²) in [6.07, 6.45) is 0. The van der Waals surface area contributed by atoms with Crippen LogP contribution in [0.2, 0.25) is 0 Å². The molecule has 0 fully saturated rings. The number of aliphatic hydroxyl groups excluding tert-OH is 1. The van der Waals surface area contributed by atoms with Gasteiger partial charge in [0.2, 0.25) is 0 Å². The summed E-state index contributed by atoms with van der Waals surface area (Å²) in [6, 6.07) is 5.23. The van der Waals surface area contributed by atoms with Gasteiger partial charge < -0.3 is 15.2 Å². The zero-order chi connectivity index (χ0) is 11.3. The summed E-state index contributed by atoms with van der Waals surface area (Å²) in [5, 5.41) is 12.0. The summed E-state index contributed by atoms with van der Waals surface area (Å²) >= 11 is 0. The molecule has 0 aliphatic carbocycles. The van der Waals surface area contributed by atoms with Gasteiger partial charge in [-0.1, -0.05) is 6.07 Å². The van der Waals surface area contributed by atoms with Crippen LogP contribution in [0, 0.1) is 0 Å². The first-order chi connectivity index (χ1) is 7.21. The van der Waals surface area contributed by atoms with Gasteiger partial charge >= 0.3 is 5.97 Å². The van der Waals surface area contributed by atoms with Crippen molar-refractivity contribution < 1.29 is 14.6 Å². The van der Waals surface area contributed by atoms with Gasteiger partial charge in [-0.25, -0.2) is 4.79 Å². The largest absolute Gasteiger partial charge is 0.465 e. The summed E-state index contributed by atoms with van der Waals surface area (Å²) in [5.41, 5.74) is 2.13. The average Bonchev–Trinajstić information content (AvgIpc) is 2.28. The number of benzene rings is 1. The van der Waals surface area contributed by atoms with E-state index in [2.05, 4.69) is 10.1 Å². The van der Waals surface area contributed by atoms with Crippen LogP contribution in [0.15, 0.2) is 18.2 Å². The highest BCUT2D eigenvalue weighted by molar-refractivity contribution is 5.89. The van der Waals surface area contributed by atoms with Crippen molar-refractivity contribution in [3.05, 3.63) is 34.9 Å². The van der Waals surface area contributed by atoms with E-state index in [0.717, 1.165) is 5.56 Å². The van der Waals surface area contributed by atoms with Crippen molar-refractivity contribution in [3.63, 3.8) is 0 Å². The lowest BCUT2D eigenvalue weighted by Gasteiger charge is -2.06. The number of carbonyl (C=O) groups is 1. The van der Waals surface area contributed by atoms with E-state index < -0.39 is 0 Å². The monoisotopic (exact) mass is 209 g/mol. The van der Waals surface area contributed by atoms with E-state index in [1.54, 1.807) is 12.1 Å². The second-order valence-electron chi connectivity index (χ2n) is 3.22. The molecule has 2 N–H and O–H groups in total. The van der Waals surface area contributed by atoms with E-state index in [1.807, 2.05) is 13.1 Å². The maximum Gasteiger partial charge on any atom is 0.337 e. The van der Waals surface area contributed by atoms with E-state index in [1.165, 1.54) is 7.11 Å². The van der Waals surface area contributed by atoms with E-state index in [-0.39, 0.29) is 12.6 Å². The van der Waals surface area contributed by atoms with E-state index in [0.29, 0.717) is 17.7 Å². The number of ether oxygens (including phenoxy) is 1. The van der Waals surface area contributed by atoms with Crippen molar-refractivity contribution in [1.82, 2.24) is 5.32 Å². The Kier molecular flexibility index (Phi) is 4.27. The number of nitrogens with one attached hydrogen (secondary N) is 1. The summed E-state index contributed by atoms with van der Waals surface area (Å²) in [6.45, 7) is 0.569. The highest BCUT2D eigenvalue weighted by Crippen LogP contribution is 2.11. The summed E-state index contributed by atoms with van der Waals surface area (Å²) < 4.78 is 4.63. The Morgan fingerprint density at radius 2 is 2.07 bits per heavy atom. The number of aliphatic hydroxyl groups is 1. The van der Waals surface area contributed by atoms with Gasteiger partial charge in [-0.05, 0) is 30.3 Å². The first-order valence-electron chi connectivity index (χ1n) is 4.68. The van der Waals surface area contributed by atoms with Gasteiger partial charge in [0.1, 0.15) is 0 Å². The van der Waals surface area contributed by atoms with Crippen molar-refractivity contribution in [2.24, 2.45) is 0 Å². The maximum absolute atomic E-state index is 11.3.